The standard InChI is InChI=1S/C10H14.C8H12/c1-3-4-10-7-5-9(2)6-8-10;1-7-3-5-8(2)6-4-7/h5-8H,3-4H2,1-2H3;3-5,8H,6H2,1-2H3. The second kappa shape index (κ2) is 7.92. The molecule has 0 amide bonds. The molecule has 0 saturated heterocycles. The van der Waals surface area contributed by atoms with Crippen molar-refractivity contribution in [3.05, 3.63) is 59.2 Å². The third-order valence-corrected chi connectivity index (χ3v) is 3.16. The van der Waals surface area contributed by atoms with E-state index in [0.29, 0.717) is 0 Å². The van der Waals surface area contributed by atoms with E-state index < -0.39 is 0 Å². The Bertz CT molecular complexity index is 393. The van der Waals surface area contributed by atoms with Crippen molar-refractivity contribution in [1.29, 1.82) is 0 Å². The van der Waals surface area contributed by atoms with Crippen molar-refractivity contribution in [2.24, 2.45) is 5.92 Å². The zero-order valence-electron chi connectivity index (χ0n) is 12.2. The Labute approximate surface area is 112 Å². The first-order valence-corrected chi connectivity index (χ1v) is 7.02. The fourth-order valence-electron chi connectivity index (χ4n) is 1.88. The summed E-state index contributed by atoms with van der Waals surface area (Å²) in [6.45, 7) is 8.71. The Balaban J connectivity index is 0.000000184. The summed E-state index contributed by atoms with van der Waals surface area (Å²) in [4.78, 5) is 0. The molecule has 98 valence electrons. The molecular formula is C18H26. The number of aryl methyl sites for hydroxylation is 2. The van der Waals surface area contributed by atoms with Crippen LogP contribution in [0.3, 0.4) is 0 Å². The van der Waals surface area contributed by atoms with Crippen molar-refractivity contribution in [2.45, 2.75) is 47.0 Å². The number of hydrogen-bond donors (Lipinski definition) is 0. The number of benzene rings is 1. The van der Waals surface area contributed by atoms with Gasteiger partial charge in [-0.2, -0.15) is 0 Å². The number of rotatable bonds is 2. The van der Waals surface area contributed by atoms with Crippen molar-refractivity contribution in [3.8, 4) is 0 Å². The fraction of sp³-hybridized carbons (Fsp3) is 0.444. The molecule has 0 nitrogen and oxygen atoms in total. The first-order chi connectivity index (χ1) is 8.61. The monoisotopic (exact) mass is 242 g/mol. The molecule has 0 aliphatic heterocycles. The topological polar surface area (TPSA) is 0 Å². The average molecular weight is 242 g/mol. The summed E-state index contributed by atoms with van der Waals surface area (Å²) < 4.78 is 0. The van der Waals surface area contributed by atoms with Gasteiger partial charge < -0.3 is 0 Å². The van der Waals surface area contributed by atoms with Gasteiger partial charge in [0.05, 0.1) is 0 Å². The van der Waals surface area contributed by atoms with Crippen LogP contribution in [0.5, 0.6) is 0 Å². The summed E-state index contributed by atoms with van der Waals surface area (Å²) in [5.74, 6) is 0.763. The van der Waals surface area contributed by atoms with Crippen LogP contribution in [0.1, 0.15) is 44.7 Å². The zero-order valence-corrected chi connectivity index (χ0v) is 12.2. The van der Waals surface area contributed by atoms with Gasteiger partial charge in [0.15, 0.2) is 0 Å². The maximum absolute atomic E-state index is 2.28. The van der Waals surface area contributed by atoms with Gasteiger partial charge in [-0.15, -0.1) is 0 Å². The van der Waals surface area contributed by atoms with Crippen LogP contribution < -0.4 is 0 Å². The van der Waals surface area contributed by atoms with Gasteiger partial charge in [-0.25, -0.2) is 0 Å². The molecule has 1 aromatic rings. The van der Waals surface area contributed by atoms with E-state index in [1.165, 1.54) is 36.0 Å². The van der Waals surface area contributed by atoms with E-state index in [2.05, 4.69) is 70.2 Å². The van der Waals surface area contributed by atoms with Crippen molar-refractivity contribution >= 4 is 0 Å². The minimum atomic E-state index is 0.763. The fourth-order valence-corrected chi connectivity index (χ4v) is 1.88. The van der Waals surface area contributed by atoms with E-state index in [4.69, 9.17) is 0 Å². The van der Waals surface area contributed by atoms with Crippen LogP contribution in [-0.2, 0) is 6.42 Å². The van der Waals surface area contributed by atoms with E-state index in [0.717, 1.165) is 5.92 Å². The van der Waals surface area contributed by atoms with E-state index in [1.54, 1.807) is 0 Å². The first kappa shape index (κ1) is 14.8. The van der Waals surface area contributed by atoms with Gasteiger partial charge >= 0.3 is 0 Å². The highest BCUT2D eigenvalue weighted by Crippen LogP contribution is 2.13. The van der Waals surface area contributed by atoms with Crippen LogP contribution in [0, 0.1) is 12.8 Å². The summed E-state index contributed by atoms with van der Waals surface area (Å²) in [6, 6.07) is 8.76. The van der Waals surface area contributed by atoms with Crippen LogP contribution in [-0.4, -0.2) is 0 Å². The van der Waals surface area contributed by atoms with Gasteiger partial charge in [0, 0.05) is 0 Å². The largest absolute Gasteiger partial charge is 0.0811 e. The van der Waals surface area contributed by atoms with Crippen molar-refractivity contribution < 1.29 is 0 Å². The van der Waals surface area contributed by atoms with Gasteiger partial charge in [-0.3, -0.25) is 0 Å². The molecule has 0 N–H and O–H groups in total. The SMILES string of the molecule is CC1=CCC(C)C=C1.CCCc1ccc(C)cc1. The highest BCUT2D eigenvalue weighted by molar-refractivity contribution is 5.21. The Kier molecular flexibility index (Phi) is 6.49. The molecular weight excluding hydrogens is 216 g/mol. The van der Waals surface area contributed by atoms with Crippen LogP contribution in [0.2, 0.25) is 0 Å². The lowest BCUT2D eigenvalue weighted by Crippen LogP contribution is -1.91. The molecule has 18 heavy (non-hydrogen) atoms. The Morgan fingerprint density at radius 2 is 1.78 bits per heavy atom. The molecule has 1 atom stereocenters. The predicted molar refractivity (Wildman–Crippen MR) is 81.9 cm³/mol. The maximum atomic E-state index is 2.28. The van der Waals surface area contributed by atoms with Crippen molar-refractivity contribution in [1.82, 2.24) is 0 Å². The van der Waals surface area contributed by atoms with Gasteiger partial charge in [-0.05, 0) is 38.2 Å². The van der Waals surface area contributed by atoms with E-state index in [9.17, 15) is 0 Å². The predicted octanol–water partition coefficient (Wildman–Crippen LogP) is 5.48. The Morgan fingerprint density at radius 1 is 1.11 bits per heavy atom. The third-order valence-electron chi connectivity index (χ3n) is 3.16. The maximum Gasteiger partial charge on any atom is -0.0224 e. The average Bonchev–Trinajstić information content (AvgIpc) is 2.37. The lowest BCUT2D eigenvalue weighted by Gasteiger charge is -2.06. The molecule has 1 aliphatic carbocycles. The third kappa shape index (κ3) is 5.86. The number of allylic oxidation sites excluding steroid dienone is 4. The Morgan fingerprint density at radius 3 is 2.22 bits per heavy atom. The molecule has 0 radical (unpaired) electrons. The summed E-state index contributed by atoms with van der Waals surface area (Å²) in [5, 5.41) is 0. The van der Waals surface area contributed by atoms with Crippen LogP contribution in [0.25, 0.3) is 0 Å². The van der Waals surface area contributed by atoms with E-state index >= 15 is 0 Å². The second-order valence-electron chi connectivity index (χ2n) is 5.26. The van der Waals surface area contributed by atoms with Gasteiger partial charge in [0.25, 0.3) is 0 Å². The Hall–Kier alpha value is -1.30. The summed E-state index contributed by atoms with van der Waals surface area (Å²) in [7, 11) is 0. The van der Waals surface area contributed by atoms with Gasteiger partial charge in [-0.1, -0.05) is 73.9 Å². The minimum absolute atomic E-state index is 0.763. The normalized spacial score (nSPS) is 17.8. The van der Waals surface area contributed by atoms with Crippen LogP contribution in [0.4, 0.5) is 0 Å². The number of hydrogen-bond acceptors (Lipinski definition) is 0. The molecule has 0 bridgehead atoms. The molecule has 1 aromatic carbocycles. The quantitative estimate of drug-likeness (QED) is 0.644. The van der Waals surface area contributed by atoms with Gasteiger partial charge in [0.1, 0.15) is 0 Å². The van der Waals surface area contributed by atoms with E-state index in [1.807, 2.05) is 0 Å². The molecule has 1 aliphatic rings. The molecule has 0 fully saturated rings. The van der Waals surface area contributed by atoms with Crippen molar-refractivity contribution in [2.75, 3.05) is 0 Å². The second-order valence-corrected chi connectivity index (χ2v) is 5.26. The van der Waals surface area contributed by atoms with E-state index in [-0.39, 0.29) is 0 Å². The minimum Gasteiger partial charge on any atom is -0.0811 e. The smallest absolute Gasteiger partial charge is 0.0224 e. The molecule has 2 rings (SSSR count). The molecule has 0 heteroatoms. The van der Waals surface area contributed by atoms with Gasteiger partial charge in [0.2, 0.25) is 0 Å². The molecule has 1 unspecified atom stereocenters. The highest BCUT2D eigenvalue weighted by Gasteiger charge is 1.97. The summed E-state index contributed by atoms with van der Waals surface area (Å²) in [5.41, 5.74) is 4.20. The first-order valence-electron chi connectivity index (χ1n) is 7.02. The summed E-state index contributed by atoms with van der Waals surface area (Å²) >= 11 is 0. The molecule has 0 spiro atoms. The molecule has 0 aromatic heterocycles. The van der Waals surface area contributed by atoms with Crippen molar-refractivity contribution in [3.63, 3.8) is 0 Å². The lowest BCUT2D eigenvalue weighted by atomic mass is 10.00. The summed E-state index contributed by atoms with van der Waals surface area (Å²) in [6.07, 6.45) is 10.4. The molecule has 0 saturated carbocycles. The van der Waals surface area contributed by atoms with Crippen LogP contribution in [0.15, 0.2) is 48.1 Å². The molecule has 0 heterocycles. The highest BCUT2D eigenvalue weighted by atomic mass is 14.0. The lowest BCUT2D eigenvalue weighted by molar-refractivity contribution is 0.731. The van der Waals surface area contributed by atoms with Crippen LogP contribution >= 0.6 is 0 Å². The zero-order chi connectivity index (χ0) is 13.4.